The van der Waals surface area contributed by atoms with Gasteiger partial charge in [0.2, 0.25) is 5.91 Å². The number of carbonyl (C=O) groups is 3. The highest BCUT2D eigenvalue weighted by atomic mass is 16.5. The van der Waals surface area contributed by atoms with Crippen LogP contribution in [0, 0.1) is 0 Å². The molecular weight excluding hydrogens is 436 g/mol. The van der Waals surface area contributed by atoms with Gasteiger partial charge in [0.25, 0.3) is 5.91 Å². The van der Waals surface area contributed by atoms with Gasteiger partial charge in [0, 0.05) is 30.8 Å². The number of benzene rings is 2. The lowest BCUT2D eigenvalue weighted by Gasteiger charge is -2.37. The minimum absolute atomic E-state index is 0.0328. The second-order valence-corrected chi connectivity index (χ2v) is 8.50. The lowest BCUT2D eigenvalue weighted by atomic mass is 9.89. The van der Waals surface area contributed by atoms with E-state index in [4.69, 9.17) is 14.2 Å². The molecule has 8 nitrogen and oxygen atoms in total. The third-order valence-electron chi connectivity index (χ3n) is 6.60. The molecule has 2 aliphatic heterocycles. The Hall–Kier alpha value is -3.55. The highest BCUT2D eigenvalue weighted by molar-refractivity contribution is 5.97. The van der Waals surface area contributed by atoms with Crippen LogP contribution in [-0.4, -0.2) is 57.1 Å². The number of rotatable bonds is 6. The van der Waals surface area contributed by atoms with Crippen LogP contribution in [-0.2, 0) is 20.7 Å². The quantitative estimate of drug-likeness (QED) is 0.606. The number of anilines is 1. The number of piperidine rings is 1. The van der Waals surface area contributed by atoms with E-state index in [-0.39, 0.29) is 18.2 Å². The monoisotopic (exact) mass is 466 g/mol. The van der Waals surface area contributed by atoms with Crippen LogP contribution in [0.1, 0.15) is 53.2 Å². The van der Waals surface area contributed by atoms with Crippen molar-refractivity contribution in [2.45, 2.75) is 38.1 Å². The zero-order chi connectivity index (χ0) is 24.2. The highest BCUT2D eigenvalue weighted by Gasteiger charge is 2.34. The maximum absolute atomic E-state index is 13.6. The van der Waals surface area contributed by atoms with E-state index in [1.807, 2.05) is 24.3 Å². The van der Waals surface area contributed by atoms with Crippen molar-refractivity contribution < 1.29 is 28.6 Å². The largest absolute Gasteiger partial charge is 0.493 e. The van der Waals surface area contributed by atoms with Gasteiger partial charge in [-0.05, 0) is 66.8 Å². The fourth-order valence-electron chi connectivity index (χ4n) is 4.76. The Morgan fingerprint density at radius 1 is 0.941 bits per heavy atom. The van der Waals surface area contributed by atoms with Gasteiger partial charge >= 0.3 is 5.97 Å². The molecule has 34 heavy (non-hydrogen) atoms. The van der Waals surface area contributed by atoms with Crippen molar-refractivity contribution in [2.75, 3.05) is 39.3 Å². The highest BCUT2D eigenvalue weighted by Crippen LogP contribution is 2.40. The molecule has 0 aromatic heterocycles. The number of nitrogens with zero attached hydrogens (tertiary/aromatic N) is 2. The molecule has 8 heteroatoms. The average molecular weight is 467 g/mol. The zero-order valence-electron chi connectivity index (χ0n) is 19.8. The minimum atomic E-state index is -0.494. The van der Waals surface area contributed by atoms with E-state index in [9.17, 15) is 14.4 Å². The molecule has 0 N–H and O–H groups in total. The number of amides is 2. The molecule has 4 rings (SSSR count). The summed E-state index contributed by atoms with van der Waals surface area (Å²) < 4.78 is 15.8. The third-order valence-corrected chi connectivity index (χ3v) is 6.60. The average Bonchev–Trinajstić information content (AvgIpc) is 2.88. The lowest BCUT2D eigenvalue weighted by Crippen LogP contribution is -2.41. The van der Waals surface area contributed by atoms with Crippen LogP contribution in [0.15, 0.2) is 36.4 Å². The standard InChI is InChI=1S/C26H30N2O6/c1-32-22-14-18-11-13-28(21(16-25(30)34-3)20(18)15-23(22)33-2)26(31)17-7-9-19(10-8-17)27-12-5-4-6-24(27)29/h7-10,14-15,21H,4-6,11-13,16H2,1-3H3/t21-/m0/s1. The summed E-state index contributed by atoms with van der Waals surface area (Å²) in [5.74, 6) is 0.692. The summed E-state index contributed by atoms with van der Waals surface area (Å²) in [5, 5.41) is 0. The Kier molecular flexibility index (Phi) is 7.05. The topological polar surface area (TPSA) is 85.4 Å². The molecule has 0 radical (unpaired) electrons. The molecule has 2 amide bonds. The van der Waals surface area contributed by atoms with Gasteiger partial charge in [0.1, 0.15) is 0 Å². The van der Waals surface area contributed by atoms with Gasteiger partial charge in [0.15, 0.2) is 11.5 Å². The molecule has 1 saturated heterocycles. The summed E-state index contributed by atoms with van der Waals surface area (Å²) in [5.41, 5.74) is 3.16. The van der Waals surface area contributed by atoms with Crippen molar-refractivity contribution in [1.82, 2.24) is 4.90 Å². The van der Waals surface area contributed by atoms with Crippen LogP contribution in [0.25, 0.3) is 0 Å². The van der Waals surface area contributed by atoms with Gasteiger partial charge in [-0.25, -0.2) is 0 Å². The van der Waals surface area contributed by atoms with Crippen molar-refractivity contribution >= 4 is 23.5 Å². The lowest BCUT2D eigenvalue weighted by molar-refractivity contribution is -0.142. The molecule has 0 saturated carbocycles. The van der Waals surface area contributed by atoms with Crippen LogP contribution in [0.5, 0.6) is 11.5 Å². The summed E-state index contributed by atoms with van der Waals surface area (Å²) in [6, 6.07) is 10.4. The van der Waals surface area contributed by atoms with Gasteiger partial charge in [-0.1, -0.05) is 0 Å². The predicted molar refractivity (Wildman–Crippen MR) is 126 cm³/mol. The molecule has 2 aliphatic rings. The maximum atomic E-state index is 13.6. The number of hydrogen-bond acceptors (Lipinski definition) is 6. The summed E-state index contributed by atoms with van der Waals surface area (Å²) in [4.78, 5) is 41.6. The van der Waals surface area contributed by atoms with Crippen molar-refractivity contribution in [3.8, 4) is 11.5 Å². The Morgan fingerprint density at radius 3 is 2.29 bits per heavy atom. The fraction of sp³-hybridized carbons (Fsp3) is 0.423. The van der Waals surface area contributed by atoms with E-state index in [1.165, 1.54) is 7.11 Å². The van der Waals surface area contributed by atoms with E-state index in [0.717, 1.165) is 29.7 Å². The van der Waals surface area contributed by atoms with Gasteiger partial charge in [-0.2, -0.15) is 0 Å². The number of esters is 1. The van der Waals surface area contributed by atoms with Gasteiger partial charge < -0.3 is 24.0 Å². The molecule has 2 aromatic carbocycles. The molecule has 1 fully saturated rings. The number of methoxy groups -OCH3 is 3. The zero-order valence-corrected chi connectivity index (χ0v) is 19.8. The second kappa shape index (κ2) is 10.2. The Balaban J connectivity index is 1.63. The predicted octanol–water partition coefficient (Wildman–Crippen LogP) is 3.52. The minimum Gasteiger partial charge on any atom is -0.493 e. The number of hydrogen-bond donors (Lipinski definition) is 0. The third kappa shape index (κ3) is 4.58. The molecule has 2 aromatic rings. The summed E-state index contributed by atoms with van der Waals surface area (Å²) in [7, 11) is 4.48. The molecule has 0 spiro atoms. The van der Waals surface area contributed by atoms with Crippen LogP contribution in [0.4, 0.5) is 5.69 Å². The molecule has 180 valence electrons. The molecule has 1 atom stereocenters. The molecule has 0 bridgehead atoms. The molecule has 0 unspecified atom stereocenters. The first-order valence-corrected chi connectivity index (χ1v) is 11.5. The normalized spacial score (nSPS) is 17.7. The van der Waals surface area contributed by atoms with Crippen molar-refractivity contribution in [1.29, 1.82) is 0 Å². The first-order chi connectivity index (χ1) is 16.5. The van der Waals surface area contributed by atoms with Crippen LogP contribution in [0.2, 0.25) is 0 Å². The SMILES string of the molecule is COC(=O)C[C@H]1c2cc(OC)c(OC)cc2CCN1C(=O)c1ccc(N2CCCCC2=O)cc1. The Labute approximate surface area is 199 Å². The first kappa shape index (κ1) is 23.6. The van der Waals surface area contributed by atoms with Crippen LogP contribution in [0.3, 0.4) is 0 Å². The van der Waals surface area contributed by atoms with E-state index in [1.54, 1.807) is 36.2 Å². The van der Waals surface area contributed by atoms with Crippen LogP contribution >= 0.6 is 0 Å². The van der Waals surface area contributed by atoms with Gasteiger partial charge in [-0.3, -0.25) is 14.4 Å². The Bertz CT molecular complexity index is 1080. The summed E-state index contributed by atoms with van der Waals surface area (Å²) in [6.45, 7) is 1.15. The van der Waals surface area contributed by atoms with E-state index in [0.29, 0.717) is 43.0 Å². The number of ether oxygens (including phenoxy) is 3. The Morgan fingerprint density at radius 2 is 1.65 bits per heavy atom. The number of carbonyl (C=O) groups excluding carboxylic acids is 3. The number of fused-ring (bicyclic) bond motifs is 1. The van der Waals surface area contributed by atoms with Crippen molar-refractivity contribution in [2.24, 2.45) is 0 Å². The second-order valence-electron chi connectivity index (χ2n) is 8.50. The summed E-state index contributed by atoms with van der Waals surface area (Å²) >= 11 is 0. The smallest absolute Gasteiger partial charge is 0.307 e. The van der Waals surface area contributed by atoms with Gasteiger partial charge in [0.05, 0.1) is 33.8 Å². The van der Waals surface area contributed by atoms with E-state index >= 15 is 0 Å². The fourth-order valence-corrected chi connectivity index (χ4v) is 4.76. The van der Waals surface area contributed by atoms with E-state index in [2.05, 4.69) is 0 Å². The molecule has 0 aliphatic carbocycles. The molecule has 2 heterocycles. The van der Waals surface area contributed by atoms with Gasteiger partial charge in [-0.15, -0.1) is 0 Å². The van der Waals surface area contributed by atoms with Crippen LogP contribution < -0.4 is 14.4 Å². The molecular formula is C26H30N2O6. The summed E-state index contributed by atoms with van der Waals surface area (Å²) in [6.07, 6.45) is 3.10. The first-order valence-electron chi connectivity index (χ1n) is 11.5. The van der Waals surface area contributed by atoms with E-state index < -0.39 is 12.0 Å². The van der Waals surface area contributed by atoms with Crippen molar-refractivity contribution in [3.63, 3.8) is 0 Å². The maximum Gasteiger partial charge on any atom is 0.307 e. The van der Waals surface area contributed by atoms with Crippen molar-refractivity contribution in [3.05, 3.63) is 53.1 Å².